The van der Waals surface area contributed by atoms with Crippen LogP contribution >= 0.6 is 23.4 Å². The lowest BCUT2D eigenvalue weighted by atomic mass is 10.0. The third-order valence-electron chi connectivity index (χ3n) is 8.82. The topological polar surface area (TPSA) is 103 Å². The number of carbonyl (C=O) groups is 3. The van der Waals surface area contributed by atoms with E-state index in [4.69, 9.17) is 16.0 Å². The number of nitrogens with one attached hydrogen (secondary N) is 1. The first-order valence-electron chi connectivity index (χ1n) is 16.2. The zero-order valence-electron chi connectivity index (χ0n) is 26.9. The van der Waals surface area contributed by atoms with Gasteiger partial charge in [0.2, 0.25) is 11.8 Å². The molecule has 3 heterocycles. The van der Waals surface area contributed by atoms with Crippen molar-refractivity contribution in [3.63, 3.8) is 0 Å². The van der Waals surface area contributed by atoms with Crippen molar-refractivity contribution in [1.82, 2.24) is 15.1 Å². The summed E-state index contributed by atoms with van der Waals surface area (Å²) in [4.78, 5) is 58.4. The van der Waals surface area contributed by atoms with E-state index >= 15 is 0 Å². The van der Waals surface area contributed by atoms with Gasteiger partial charge in [0.15, 0.2) is 11.2 Å². The fourth-order valence-electron chi connectivity index (χ4n) is 6.31. The van der Waals surface area contributed by atoms with E-state index in [2.05, 4.69) is 10.2 Å². The second kappa shape index (κ2) is 15.2. The fraction of sp³-hybridized carbons (Fsp3) is 0.333. The Labute approximate surface area is 295 Å². The SMILES string of the molecule is O=C(N[C@H](Cc1ccc(Cl)cc1)C(=O)N1CCN(c2ccccc2CN2CCCCC2=O)CC1)c1cc(=O)c2cc(SC(F)(F)F)ccc2o1. The van der Waals surface area contributed by atoms with Crippen LogP contribution in [0.4, 0.5) is 18.9 Å². The van der Waals surface area contributed by atoms with E-state index in [0.29, 0.717) is 44.2 Å². The number of alkyl halides is 3. The largest absolute Gasteiger partial charge is 0.451 e. The number of hydrogen-bond donors (Lipinski definition) is 1. The number of piperazine rings is 1. The molecule has 0 bridgehead atoms. The van der Waals surface area contributed by atoms with Gasteiger partial charge < -0.3 is 24.4 Å². The first-order valence-corrected chi connectivity index (χ1v) is 17.4. The third kappa shape index (κ3) is 8.62. The molecular weight excluding hydrogens is 693 g/mol. The Hall–Kier alpha value is -4.49. The molecule has 9 nitrogen and oxygen atoms in total. The summed E-state index contributed by atoms with van der Waals surface area (Å²) in [5.74, 6) is -1.35. The van der Waals surface area contributed by atoms with Crippen LogP contribution in [-0.2, 0) is 22.6 Å². The zero-order valence-corrected chi connectivity index (χ0v) is 28.5. The molecular formula is C36H34ClF3N4O5S. The molecule has 2 aliphatic heterocycles. The van der Waals surface area contributed by atoms with Crippen molar-refractivity contribution in [1.29, 1.82) is 0 Å². The number of halogens is 4. The molecule has 1 N–H and O–H groups in total. The molecule has 50 heavy (non-hydrogen) atoms. The number of benzene rings is 3. The lowest BCUT2D eigenvalue weighted by Crippen LogP contribution is -2.55. The van der Waals surface area contributed by atoms with Gasteiger partial charge in [-0.1, -0.05) is 41.9 Å². The summed E-state index contributed by atoms with van der Waals surface area (Å²) in [6.07, 6.45) is 2.60. The minimum absolute atomic E-state index is 0.0594. The molecule has 3 aromatic carbocycles. The molecule has 0 unspecified atom stereocenters. The molecule has 2 fully saturated rings. The predicted octanol–water partition coefficient (Wildman–Crippen LogP) is 6.26. The van der Waals surface area contributed by atoms with Gasteiger partial charge in [-0.25, -0.2) is 0 Å². The van der Waals surface area contributed by atoms with Crippen LogP contribution in [0.1, 0.15) is 40.9 Å². The van der Waals surface area contributed by atoms with Gasteiger partial charge in [0.1, 0.15) is 11.6 Å². The molecule has 262 valence electrons. The summed E-state index contributed by atoms with van der Waals surface area (Å²) >= 11 is 5.71. The summed E-state index contributed by atoms with van der Waals surface area (Å²) in [5.41, 5.74) is -2.49. The molecule has 14 heteroatoms. The molecule has 2 aliphatic rings. The third-order valence-corrected chi connectivity index (χ3v) is 9.79. The van der Waals surface area contributed by atoms with Crippen LogP contribution in [0.2, 0.25) is 5.02 Å². The number of thioether (sulfide) groups is 1. The standard InChI is InChI=1S/C36H34ClF3N4O5S/c37-25-10-8-23(9-11-25)19-28(41-34(47)32-21-30(45)27-20-26(50-36(38,39)40)12-13-31(27)49-32)35(48)43-17-15-42(16-18-43)29-6-2-1-5-24(29)22-44-14-4-3-7-33(44)46/h1-2,5-6,8-13,20-21,28H,3-4,7,14-19,22H2,(H,41,47)/t28-/m1/s1. The highest BCUT2D eigenvalue weighted by Gasteiger charge is 2.32. The maximum absolute atomic E-state index is 14.0. The zero-order chi connectivity index (χ0) is 35.4. The van der Waals surface area contributed by atoms with E-state index in [9.17, 15) is 32.3 Å². The maximum Gasteiger partial charge on any atom is 0.446 e. The van der Waals surface area contributed by atoms with Crippen LogP contribution in [0, 0.1) is 0 Å². The number of fused-ring (bicyclic) bond motifs is 1. The molecule has 2 saturated heterocycles. The lowest BCUT2D eigenvalue weighted by molar-refractivity contribution is -0.134. The summed E-state index contributed by atoms with van der Waals surface area (Å²) < 4.78 is 44.2. The van der Waals surface area contributed by atoms with Crippen molar-refractivity contribution in [2.45, 2.75) is 48.7 Å². The first-order chi connectivity index (χ1) is 23.9. The number of nitrogens with zero attached hydrogens (tertiary/aromatic N) is 3. The van der Waals surface area contributed by atoms with Gasteiger partial charge in [0.05, 0.1) is 5.39 Å². The average molecular weight is 727 g/mol. The molecule has 4 aromatic rings. The van der Waals surface area contributed by atoms with Crippen LogP contribution < -0.4 is 15.6 Å². The van der Waals surface area contributed by atoms with Crippen molar-refractivity contribution in [2.24, 2.45) is 0 Å². The van der Waals surface area contributed by atoms with Crippen LogP contribution in [0.15, 0.2) is 86.9 Å². The van der Waals surface area contributed by atoms with Crippen LogP contribution in [0.25, 0.3) is 11.0 Å². The van der Waals surface area contributed by atoms with Gasteiger partial charge in [-0.05, 0) is 72.1 Å². The number of piperidine rings is 1. The molecule has 0 saturated carbocycles. The van der Waals surface area contributed by atoms with E-state index in [0.717, 1.165) is 54.4 Å². The highest BCUT2D eigenvalue weighted by molar-refractivity contribution is 8.00. The molecule has 0 aliphatic carbocycles. The Morgan fingerprint density at radius 3 is 2.38 bits per heavy atom. The van der Waals surface area contributed by atoms with E-state index in [1.54, 1.807) is 29.2 Å². The molecule has 6 rings (SSSR count). The minimum Gasteiger partial charge on any atom is -0.451 e. The second-order valence-corrected chi connectivity index (χ2v) is 13.8. The maximum atomic E-state index is 14.0. The Kier molecular flexibility index (Phi) is 10.7. The molecule has 1 atom stereocenters. The molecule has 0 radical (unpaired) electrons. The van der Waals surface area contributed by atoms with Crippen molar-refractivity contribution in [3.05, 3.63) is 105 Å². The van der Waals surface area contributed by atoms with Gasteiger partial charge in [-0.2, -0.15) is 13.2 Å². The van der Waals surface area contributed by atoms with E-state index in [-0.39, 0.29) is 51.6 Å². The number of carbonyl (C=O) groups excluding carboxylic acids is 3. The quantitative estimate of drug-likeness (QED) is 0.203. The number of amides is 3. The molecule has 3 amide bonds. The van der Waals surface area contributed by atoms with Crippen LogP contribution in [0.5, 0.6) is 0 Å². The number of anilines is 1. The van der Waals surface area contributed by atoms with Gasteiger partial charge >= 0.3 is 5.51 Å². The number of likely N-dealkylation sites (tertiary alicyclic amines) is 1. The Morgan fingerprint density at radius 2 is 1.66 bits per heavy atom. The van der Waals surface area contributed by atoms with E-state index < -0.39 is 22.9 Å². The highest BCUT2D eigenvalue weighted by Crippen LogP contribution is 2.37. The van der Waals surface area contributed by atoms with E-state index in [1.165, 1.54) is 6.07 Å². The Bertz CT molecular complexity index is 1950. The highest BCUT2D eigenvalue weighted by atomic mass is 35.5. The normalized spacial score (nSPS) is 16.1. The smallest absolute Gasteiger partial charge is 0.446 e. The second-order valence-electron chi connectivity index (χ2n) is 12.3. The predicted molar refractivity (Wildman–Crippen MR) is 185 cm³/mol. The number of hydrogen-bond acceptors (Lipinski definition) is 7. The average Bonchev–Trinajstić information content (AvgIpc) is 3.09. The summed E-state index contributed by atoms with van der Waals surface area (Å²) in [6, 6.07) is 18.2. The van der Waals surface area contributed by atoms with Crippen molar-refractivity contribution >= 4 is 57.7 Å². The van der Waals surface area contributed by atoms with Crippen LogP contribution in [-0.4, -0.2) is 71.8 Å². The summed E-state index contributed by atoms with van der Waals surface area (Å²) in [7, 11) is 0. The van der Waals surface area contributed by atoms with Crippen LogP contribution in [0.3, 0.4) is 0 Å². The van der Waals surface area contributed by atoms with Gasteiger partial charge in [-0.3, -0.25) is 19.2 Å². The fourth-order valence-corrected chi connectivity index (χ4v) is 7.01. The van der Waals surface area contributed by atoms with Gasteiger partial charge in [-0.15, -0.1) is 0 Å². The van der Waals surface area contributed by atoms with Gasteiger partial charge in [0.25, 0.3) is 5.91 Å². The Balaban J connectivity index is 1.17. The summed E-state index contributed by atoms with van der Waals surface area (Å²) in [6.45, 7) is 3.10. The first kappa shape index (κ1) is 35.3. The minimum atomic E-state index is -4.54. The van der Waals surface area contributed by atoms with Crippen molar-refractivity contribution < 1.29 is 32.0 Å². The monoisotopic (exact) mass is 726 g/mol. The Morgan fingerprint density at radius 1 is 0.920 bits per heavy atom. The van der Waals surface area contributed by atoms with Crippen molar-refractivity contribution in [2.75, 3.05) is 37.6 Å². The van der Waals surface area contributed by atoms with Gasteiger partial charge in [0, 0.05) is 73.8 Å². The molecule has 0 spiro atoms. The van der Waals surface area contributed by atoms with E-state index in [1.807, 2.05) is 29.2 Å². The lowest BCUT2D eigenvalue weighted by Gasteiger charge is -2.39. The summed E-state index contributed by atoms with van der Waals surface area (Å²) in [5, 5.41) is 3.14. The number of rotatable bonds is 9. The molecule has 1 aromatic heterocycles. The van der Waals surface area contributed by atoms with Crippen molar-refractivity contribution in [3.8, 4) is 0 Å². The number of para-hydroxylation sites is 1.